The van der Waals surface area contributed by atoms with Crippen LogP contribution in [0.1, 0.15) is 29.5 Å². The molecule has 0 spiro atoms. The number of aryl methyl sites for hydroxylation is 1. The minimum absolute atomic E-state index is 0.103. The maximum absolute atomic E-state index is 12.5. The second kappa shape index (κ2) is 10.6. The standard InChI is InChI=1S/C26H31N3O4/c1-20-4-2-5-22(16-20)18-27-12-14-28(15-13-27)25(31)19-33-26(32)17-21-7-9-23(10-8-21)29-11-3-6-24(29)30/h2,4-5,7-10,16H,3,6,11-15,17-19H2,1H3. The summed E-state index contributed by atoms with van der Waals surface area (Å²) >= 11 is 0. The molecule has 174 valence electrons. The molecule has 0 atom stereocenters. The molecule has 0 radical (unpaired) electrons. The zero-order chi connectivity index (χ0) is 23.2. The highest BCUT2D eigenvalue weighted by atomic mass is 16.5. The average Bonchev–Trinajstić information content (AvgIpc) is 3.24. The lowest BCUT2D eigenvalue weighted by Gasteiger charge is -2.34. The Hall–Kier alpha value is -3.19. The van der Waals surface area contributed by atoms with E-state index in [0.29, 0.717) is 19.5 Å². The Kier molecular flexibility index (Phi) is 7.40. The fraction of sp³-hybridized carbons (Fsp3) is 0.423. The first-order valence-corrected chi connectivity index (χ1v) is 11.6. The Bertz CT molecular complexity index is 997. The first-order valence-electron chi connectivity index (χ1n) is 11.6. The molecule has 7 heteroatoms. The number of amides is 2. The first-order chi connectivity index (χ1) is 16.0. The number of carbonyl (C=O) groups is 3. The summed E-state index contributed by atoms with van der Waals surface area (Å²) < 4.78 is 5.24. The summed E-state index contributed by atoms with van der Waals surface area (Å²) in [7, 11) is 0. The molecule has 2 amide bonds. The summed E-state index contributed by atoms with van der Waals surface area (Å²) in [5, 5.41) is 0. The second-order valence-corrected chi connectivity index (χ2v) is 8.80. The van der Waals surface area contributed by atoms with E-state index < -0.39 is 5.97 Å². The molecule has 2 aliphatic rings. The van der Waals surface area contributed by atoms with Crippen molar-refractivity contribution in [1.29, 1.82) is 0 Å². The second-order valence-electron chi connectivity index (χ2n) is 8.80. The van der Waals surface area contributed by atoms with Crippen LogP contribution in [0.5, 0.6) is 0 Å². The lowest BCUT2D eigenvalue weighted by molar-refractivity contribution is -0.152. The largest absolute Gasteiger partial charge is 0.455 e. The number of esters is 1. The van der Waals surface area contributed by atoms with E-state index in [1.807, 2.05) is 24.3 Å². The molecule has 2 aromatic rings. The Morgan fingerprint density at radius 3 is 2.36 bits per heavy atom. The zero-order valence-electron chi connectivity index (χ0n) is 19.2. The van der Waals surface area contributed by atoms with Crippen molar-refractivity contribution in [3.05, 3.63) is 65.2 Å². The molecule has 0 unspecified atom stereocenters. The molecule has 7 nitrogen and oxygen atoms in total. The van der Waals surface area contributed by atoms with Crippen molar-refractivity contribution in [2.24, 2.45) is 0 Å². The highest BCUT2D eigenvalue weighted by Gasteiger charge is 2.23. The third-order valence-electron chi connectivity index (χ3n) is 6.24. The molecule has 2 heterocycles. The zero-order valence-corrected chi connectivity index (χ0v) is 19.2. The van der Waals surface area contributed by atoms with E-state index in [0.717, 1.165) is 43.9 Å². The van der Waals surface area contributed by atoms with Crippen LogP contribution in [0.15, 0.2) is 48.5 Å². The quantitative estimate of drug-likeness (QED) is 0.608. The van der Waals surface area contributed by atoms with Crippen molar-refractivity contribution in [3.8, 4) is 0 Å². The number of hydrogen-bond donors (Lipinski definition) is 0. The molecule has 0 bridgehead atoms. The van der Waals surface area contributed by atoms with Crippen molar-refractivity contribution in [2.45, 2.75) is 32.7 Å². The third-order valence-corrected chi connectivity index (χ3v) is 6.24. The summed E-state index contributed by atoms with van der Waals surface area (Å²) in [5.74, 6) is -0.440. The minimum Gasteiger partial charge on any atom is -0.455 e. The molecule has 0 N–H and O–H groups in total. The highest BCUT2D eigenvalue weighted by molar-refractivity contribution is 5.95. The Labute approximate surface area is 194 Å². The van der Waals surface area contributed by atoms with Gasteiger partial charge in [0.05, 0.1) is 6.42 Å². The van der Waals surface area contributed by atoms with Gasteiger partial charge in [-0.15, -0.1) is 0 Å². The Morgan fingerprint density at radius 2 is 1.70 bits per heavy atom. The van der Waals surface area contributed by atoms with Gasteiger partial charge in [0.1, 0.15) is 0 Å². The highest BCUT2D eigenvalue weighted by Crippen LogP contribution is 2.21. The fourth-order valence-electron chi connectivity index (χ4n) is 4.39. The van der Waals surface area contributed by atoms with Crippen LogP contribution in [-0.2, 0) is 32.1 Å². The third kappa shape index (κ3) is 6.20. The van der Waals surface area contributed by atoms with Crippen LogP contribution >= 0.6 is 0 Å². The van der Waals surface area contributed by atoms with E-state index >= 15 is 0 Å². The van der Waals surface area contributed by atoms with Crippen molar-refractivity contribution >= 4 is 23.5 Å². The van der Waals surface area contributed by atoms with E-state index in [1.54, 1.807) is 9.80 Å². The van der Waals surface area contributed by atoms with Gasteiger partial charge in [0.2, 0.25) is 5.91 Å². The number of nitrogens with zero attached hydrogens (tertiary/aromatic N) is 3. The van der Waals surface area contributed by atoms with Gasteiger partial charge in [0, 0.05) is 51.4 Å². The lowest BCUT2D eigenvalue weighted by Crippen LogP contribution is -2.49. The van der Waals surface area contributed by atoms with Crippen molar-refractivity contribution in [1.82, 2.24) is 9.80 Å². The van der Waals surface area contributed by atoms with Gasteiger partial charge in [-0.25, -0.2) is 0 Å². The molecule has 0 aromatic heterocycles. The van der Waals surface area contributed by atoms with E-state index in [4.69, 9.17) is 4.74 Å². The van der Waals surface area contributed by atoms with Crippen LogP contribution < -0.4 is 4.90 Å². The summed E-state index contributed by atoms with van der Waals surface area (Å²) in [6, 6.07) is 15.9. The molecule has 0 saturated carbocycles. The Balaban J connectivity index is 1.17. The van der Waals surface area contributed by atoms with E-state index in [2.05, 4.69) is 36.1 Å². The van der Waals surface area contributed by atoms with Crippen LogP contribution in [0.2, 0.25) is 0 Å². The Morgan fingerprint density at radius 1 is 0.939 bits per heavy atom. The number of anilines is 1. The number of benzene rings is 2. The summed E-state index contributed by atoms with van der Waals surface area (Å²) in [6.45, 7) is 6.37. The number of piperazine rings is 1. The van der Waals surface area contributed by atoms with Crippen molar-refractivity contribution < 1.29 is 19.1 Å². The summed E-state index contributed by atoms with van der Waals surface area (Å²) in [4.78, 5) is 42.4. The molecule has 2 fully saturated rings. The SMILES string of the molecule is Cc1cccc(CN2CCN(C(=O)COC(=O)Cc3ccc(N4CCCC4=O)cc3)CC2)c1. The lowest BCUT2D eigenvalue weighted by atomic mass is 10.1. The smallest absolute Gasteiger partial charge is 0.310 e. The van der Waals surface area contributed by atoms with Gasteiger partial charge in [-0.05, 0) is 36.6 Å². The number of carbonyl (C=O) groups excluding carboxylic acids is 3. The predicted molar refractivity (Wildman–Crippen MR) is 126 cm³/mol. The van der Waals surface area contributed by atoms with Crippen LogP contribution in [0.25, 0.3) is 0 Å². The van der Waals surface area contributed by atoms with Gasteiger partial charge >= 0.3 is 5.97 Å². The number of ether oxygens (including phenoxy) is 1. The van der Waals surface area contributed by atoms with Gasteiger partial charge in [-0.3, -0.25) is 19.3 Å². The maximum atomic E-state index is 12.5. The van der Waals surface area contributed by atoms with Gasteiger partial charge in [-0.2, -0.15) is 0 Å². The van der Waals surface area contributed by atoms with Crippen molar-refractivity contribution in [2.75, 3.05) is 44.2 Å². The van der Waals surface area contributed by atoms with E-state index in [1.165, 1.54) is 11.1 Å². The molecular weight excluding hydrogens is 418 g/mol. The van der Waals surface area contributed by atoms with Crippen LogP contribution in [0, 0.1) is 6.92 Å². The van der Waals surface area contributed by atoms with E-state index in [9.17, 15) is 14.4 Å². The molecule has 2 aliphatic heterocycles. The predicted octanol–water partition coefficient (Wildman–Crippen LogP) is 2.55. The van der Waals surface area contributed by atoms with Gasteiger partial charge < -0.3 is 14.5 Å². The van der Waals surface area contributed by atoms with E-state index in [-0.39, 0.29) is 24.8 Å². The number of hydrogen-bond acceptors (Lipinski definition) is 5. The monoisotopic (exact) mass is 449 g/mol. The topological polar surface area (TPSA) is 70.2 Å². The van der Waals surface area contributed by atoms with Crippen molar-refractivity contribution in [3.63, 3.8) is 0 Å². The van der Waals surface area contributed by atoms with Crippen LogP contribution in [-0.4, -0.2) is 66.9 Å². The molecule has 2 saturated heterocycles. The summed E-state index contributed by atoms with van der Waals surface area (Å²) in [5.41, 5.74) is 4.18. The van der Waals surface area contributed by atoms with Gasteiger partial charge in [0.25, 0.3) is 5.91 Å². The van der Waals surface area contributed by atoms with Gasteiger partial charge in [-0.1, -0.05) is 42.0 Å². The number of rotatable bonds is 7. The molecule has 0 aliphatic carbocycles. The first kappa shape index (κ1) is 23.0. The normalized spacial score (nSPS) is 16.8. The average molecular weight is 450 g/mol. The molecule has 4 rings (SSSR count). The minimum atomic E-state index is -0.425. The van der Waals surface area contributed by atoms with Crippen LogP contribution in [0.3, 0.4) is 0 Å². The van der Waals surface area contributed by atoms with Gasteiger partial charge in [0.15, 0.2) is 6.61 Å². The van der Waals surface area contributed by atoms with Crippen LogP contribution in [0.4, 0.5) is 5.69 Å². The molecule has 2 aromatic carbocycles. The fourth-order valence-corrected chi connectivity index (χ4v) is 4.39. The summed E-state index contributed by atoms with van der Waals surface area (Å²) in [6.07, 6.45) is 1.57. The molecular formula is C26H31N3O4. The molecule has 33 heavy (non-hydrogen) atoms. The maximum Gasteiger partial charge on any atom is 0.310 e.